The van der Waals surface area contributed by atoms with Crippen molar-refractivity contribution < 1.29 is 35.6 Å². The van der Waals surface area contributed by atoms with Gasteiger partial charge < -0.3 is 18.8 Å². The molecule has 2 atom stereocenters. The van der Waals surface area contributed by atoms with Gasteiger partial charge in [0, 0.05) is 24.2 Å². The van der Waals surface area contributed by atoms with Crippen molar-refractivity contribution in [2.75, 3.05) is 26.2 Å². The van der Waals surface area contributed by atoms with E-state index in [1.807, 2.05) is 0 Å². The lowest BCUT2D eigenvalue weighted by atomic mass is 9.99. The smallest absolute Gasteiger partial charge is 0.364 e. The molecule has 2 fully saturated rings. The molecule has 2 aromatic rings. The van der Waals surface area contributed by atoms with Gasteiger partial charge in [-0.05, 0) is 11.1 Å². The van der Waals surface area contributed by atoms with E-state index in [0.29, 0.717) is 22.3 Å². The SMILES string of the molecule is O=C1N2CC=C(c3cnoc3)C(C2)N1OS(=O)(=O)ON1C(=O)N2CC=C(c3cnoc3)C1C2. The molecule has 14 nitrogen and oxygen atoms in total. The van der Waals surface area contributed by atoms with E-state index in [0.717, 1.165) is 10.1 Å². The second-order valence-electron chi connectivity index (χ2n) is 7.76. The Morgan fingerprint density at radius 1 is 0.818 bits per heavy atom. The third-order valence-electron chi connectivity index (χ3n) is 5.93. The van der Waals surface area contributed by atoms with Crippen LogP contribution < -0.4 is 0 Å². The minimum atomic E-state index is -4.85. The van der Waals surface area contributed by atoms with Crippen LogP contribution in [0.5, 0.6) is 0 Å². The zero-order valence-electron chi connectivity index (χ0n) is 16.8. The number of nitrogens with zero attached hydrogens (tertiary/aromatic N) is 6. The van der Waals surface area contributed by atoms with Crippen LogP contribution in [0.2, 0.25) is 0 Å². The second-order valence-corrected chi connectivity index (χ2v) is 8.88. The van der Waals surface area contributed by atoms with Crippen molar-refractivity contribution in [2.24, 2.45) is 0 Å². The predicted octanol–water partition coefficient (Wildman–Crippen LogP) is 0.477. The third-order valence-corrected chi connectivity index (χ3v) is 6.61. The number of hydrogen-bond donors (Lipinski definition) is 0. The number of urea groups is 2. The summed E-state index contributed by atoms with van der Waals surface area (Å²) < 4.78 is 45.5. The second kappa shape index (κ2) is 7.16. The number of carbonyl (C=O) groups excluding carboxylic acids is 2. The largest absolute Gasteiger partial charge is 0.442 e. The van der Waals surface area contributed by atoms with Crippen LogP contribution in [0.3, 0.4) is 0 Å². The van der Waals surface area contributed by atoms with Gasteiger partial charge in [-0.25, -0.2) is 9.59 Å². The Balaban J connectivity index is 1.23. The van der Waals surface area contributed by atoms with Crippen LogP contribution in [0, 0.1) is 0 Å². The number of aromatic nitrogens is 2. The first-order valence-corrected chi connectivity index (χ1v) is 11.2. The van der Waals surface area contributed by atoms with E-state index in [9.17, 15) is 18.0 Å². The first-order valence-electron chi connectivity index (χ1n) is 9.91. The molecule has 0 spiro atoms. The van der Waals surface area contributed by atoms with Gasteiger partial charge in [0.25, 0.3) is 0 Å². The van der Waals surface area contributed by atoms with Gasteiger partial charge in [-0.3, -0.25) is 0 Å². The van der Waals surface area contributed by atoms with Crippen LogP contribution in [0.15, 0.2) is 46.1 Å². The molecule has 33 heavy (non-hydrogen) atoms. The lowest BCUT2D eigenvalue weighted by Gasteiger charge is -2.25. The fourth-order valence-electron chi connectivity index (χ4n) is 4.40. The van der Waals surface area contributed by atoms with Crippen molar-refractivity contribution >= 4 is 33.6 Å². The monoisotopic (exact) mass is 476 g/mol. The van der Waals surface area contributed by atoms with Crippen molar-refractivity contribution in [2.45, 2.75) is 12.1 Å². The highest BCUT2D eigenvalue weighted by atomic mass is 32.3. The summed E-state index contributed by atoms with van der Waals surface area (Å²) in [5.74, 6) is 0. The van der Waals surface area contributed by atoms with Crippen molar-refractivity contribution in [3.63, 3.8) is 0 Å². The van der Waals surface area contributed by atoms with Crippen molar-refractivity contribution in [1.82, 2.24) is 30.2 Å². The van der Waals surface area contributed by atoms with Gasteiger partial charge in [0.2, 0.25) is 0 Å². The Morgan fingerprint density at radius 3 is 1.67 bits per heavy atom. The standard InChI is InChI=1S/C18H16N6O8S/c25-17-21-3-1-13(11-5-19-29-9-11)15(7-21)23(17)31-33(27,28)32-24-16-8-22(18(24)26)4-2-14(16)12-6-20-30-10-12/h1-2,5-6,9-10,15-16H,3-4,7-8H2. The molecule has 4 aliphatic rings. The summed E-state index contributed by atoms with van der Waals surface area (Å²) in [5.41, 5.74) is 2.46. The van der Waals surface area contributed by atoms with E-state index >= 15 is 0 Å². The Hall–Kier alpha value is -3.69. The highest BCUT2D eigenvalue weighted by Crippen LogP contribution is 2.36. The molecule has 2 unspecified atom stereocenters. The van der Waals surface area contributed by atoms with Gasteiger partial charge in [-0.1, -0.05) is 22.5 Å². The van der Waals surface area contributed by atoms with E-state index in [1.54, 1.807) is 12.2 Å². The topological polar surface area (TPSA) is 152 Å². The summed E-state index contributed by atoms with van der Waals surface area (Å²) in [4.78, 5) is 28.2. The molecular formula is C18H16N6O8S. The Labute approximate surface area is 186 Å². The maximum atomic E-state index is 12.8. The first-order chi connectivity index (χ1) is 15.9. The fourth-order valence-corrected chi connectivity index (χ4v) is 5.16. The Bertz CT molecular complexity index is 1180. The summed E-state index contributed by atoms with van der Waals surface area (Å²) in [6.45, 7) is 0.964. The van der Waals surface area contributed by atoms with Gasteiger partial charge in [0.15, 0.2) is 0 Å². The highest BCUT2D eigenvalue weighted by Gasteiger charge is 2.49. The molecule has 6 rings (SSSR count). The number of fused-ring (bicyclic) bond motifs is 4. The molecule has 0 aromatic carbocycles. The number of hydrogen-bond acceptors (Lipinski definition) is 10. The van der Waals surface area contributed by atoms with E-state index in [4.69, 9.17) is 17.6 Å². The lowest BCUT2D eigenvalue weighted by molar-refractivity contribution is -0.0702. The van der Waals surface area contributed by atoms with Crippen molar-refractivity contribution in [1.29, 1.82) is 0 Å². The predicted molar refractivity (Wildman–Crippen MR) is 105 cm³/mol. The number of carbonyl (C=O) groups is 2. The minimum absolute atomic E-state index is 0.213. The highest BCUT2D eigenvalue weighted by molar-refractivity contribution is 7.81. The number of amides is 4. The van der Waals surface area contributed by atoms with E-state index in [1.165, 1.54) is 34.7 Å². The van der Waals surface area contributed by atoms with Crippen molar-refractivity contribution in [3.8, 4) is 0 Å². The molecule has 6 heterocycles. The number of rotatable bonds is 6. The maximum absolute atomic E-state index is 12.8. The molecule has 0 aliphatic carbocycles. The van der Waals surface area contributed by atoms with Crippen LogP contribution in [-0.2, 0) is 19.0 Å². The quantitative estimate of drug-likeness (QED) is 0.575. The van der Waals surface area contributed by atoms with E-state index < -0.39 is 34.5 Å². The fraction of sp³-hybridized carbons (Fsp3) is 0.333. The average molecular weight is 476 g/mol. The maximum Gasteiger partial charge on any atom is 0.442 e. The van der Waals surface area contributed by atoms with E-state index in [2.05, 4.69) is 10.3 Å². The summed E-state index contributed by atoms with van der Waals surface area (Å²) in [6, 6.07) is -2.74. The molecule has 4 bridgehead atoms. The Morgan fingerprint density at radius 2 is 1.27 bits per heavy atom. The van der Waals surface area contributed by atoms with Crippen LogP contribution in [0.4, 0.5) is 9.59 Å². The van der Waals surface area contributed by atoms with Gasteiger partial charge in [0.1, 0.15) is 24.6 Å². The first kappa shape index (κ1) is 20.0. The lowest BCUT2D eigenvalue weighted by Crippen LogP contribution is -2.41. The molecule has 4 amide bonds. The molecular weight excluding hydrogens is 460 g/mol. The molecule has 0 radical (unpaired) electrons. The summed E-state index contributed by atoms with van der Waals surface area (Å²) in [6.07, 6.45) is 9.25. The molecule has 0 saturated carbocycles. The third kappa shape index (κ3) is 3.20. The Kier molecular flexibility index (Phi) is 4.33. The van der Waals surface area contributed by atoms with E-state index in [-0.39, 0.29) is 26.2 Å². The molecule has 0 N–H and O–H groups in total. The van der Waals surface area contributed by atoms with Crippen LogP contribution in [0.1, 0.15) is 11.1 Å². The number of hydroxylamine groups is 4. The zero-order chi connectivity index (χ0) is 22.7. The summed E-state index contributed by atoms with van der Waals surface area (Å²) in [7, 11) is -4.85. The molecule has 2 saturated heterocycles. The van der Waals surface area contributed by atoms with Crippen LogP contribution >= 0.6 is 0 Å². The average Bonchev–Trinajstić information content (AvgIpc) is 3.60. The van der Waals surface area contributed by atoms with Crippen LogP contribution in [0.25, 0.3) is 11.1 Å². The van der Waals surface area contributed by atoms with Gasteiger partial charge in [0.05, 0.1) is 25.5 Å². The van der Waals surface area contributed by atoms with Gasteiger partial charge in [-0.2, -0.15) is 18.5 Å². The van der Waals surface area contributed by atoms with Gasteiger partial charge in [-0.15, -0.1) is 8.57 Å². The minimum Gasteiger partial charge on any atom is -0.364 e. The molecule has 2 aromatic heterocycles. The van der Waals surface area contributed by atoms with Gasteiger partial charge >= 0.3 is 22.5 Å². The summed E-state index contributed by atoms with van der Waals surface area (Å²) in [5, 5.41) is 8.76. The molecule has 15 heteroatoms. The zero-order valence-corrected chi connectivity index (χ0v) is 17.6. The van der Waals surface area contributed by atoms with Crippen LogP contribution in [-0.4, -0.2) is 89.0 Å². The molecule has 4 aliphatic heterocycles. The summed E-state index contributed by atoms with van der Waals surface area (Å²) >= 11 is 0. The van der Waals surface area contributed by atoms with Crippen molar-refractivity contribution in [3.05, 3.63) is 48.2 Å². The molecule has 172 valence electrons. The normalized spacial score (nSPS) is 24.6.